The molecule has 0 fully saturated rings. The second-order valence-corrected chi connectivity index (χ2v) is 7.51. The topological polar surface area (TPSA) is 0 Å². The molecular weight excluding hydrogens is 276 g/mol. The maximum atomic E-state index is 3.93. The molecule has 138 valence electrons. The third kappa shape index (κ3) is 18.2. The highest BCUT2D eigenvalue weighted by molar-refractivity contribution is 4.59. The molecule has 0 aliphatic rings. The Labute approximate surface area is 149 Å². The van der Waals surface area contributed by atoms with Crippen molar-refractivity contribution in [3.8, 4) is 0 Å². The van der Waals surface area contributed by atoms with Gasteiger partial charge in [-0.25, -0.2) is 0 Å². The minimum absolute atomic E-state index is 1.00. The van der Waals surface area contributed by atoms with Gasteiger partial charge in [-0.3, -0.25) is 0 Å². The standard InChI is InChI=1S/C23H46/c1-4-7-9-11-12-13-14-15-16-18-20-22-23(6-3)21-19-17-10-8-5-2/h23H,1-2,4-22H2,3H3. The first-order valence-corrected chi connectivity index (χ1v) is 10.9. The van der Waals surface area contributed by atoms with Crippen molar-refractivity contribution in [2.45, 2.75) is 129 Å². The van der Waals surface area contributed by atoms with E-state index in [1.165, 1.54) is 109 Å². The first-order chi connectivity index (χ1) is 11.3. The molecule has 0 heterocycles. The summed E-state index contributed by atoms with van der Waals surface area (Å²) < 4.78 is 0. The Morgan fingerprint density at radius 1 is 0.478 bits per heavy atom. The molecule has 0 aliphatic heterocycles. The maximum absolute atomic E-state index is 3.93. The van der Waals surface area contributed by atoms with Gasteiger partial charge < -0.3 is 0 Å². The summed E-state index contributed by atoms with van der Waals surface area (Å²) in [6, 6.07) is 0. The summed E-state index contributed by atoms with van der Waals surface area (Å²) in [6.07, 6.45) is 26.6. The second kappa shape index (κ2) is 20.0. The molecule has 0 bridgehead atoms. The summed E-state index contributed by atoms with van der Waals surface area (Å²) >= 11 is 0. The fourth-order valence-corrected chi connectivity index (χ4v) is 3.54. The molecular formula is C23H46. The summed E-state index contributed by atoms with van der Waals surface area (Å²) in [5, 5.41) is 0. The summed E-state index contributed by atoms with van der Waals surface area (Å²) in [5.74, 6) is 1.00. The van der Waals surface area contributed by atoms with E-state index < -0.39 is 0 Å². The molecule has 0 heteroatoms. The van der Waals surface area contributed by atoms with Crippen molar-refractivity contribution < 1.29 is 0 Å². The predicted molar refractivity (Wildman–Crippen MR) is 108 cm³/mol. The molecule has 2 radical (unpaired) electrons. The number of rotatable bonds is 19. The van der Waals surface area contributed by atoms with Gasteiger partial charge in [-0.1, -0.05) is 143 Å². The Kier molecular flexibility index (Phi) is 20.0. The van der Waals surface area contributed by atoms with Gasteiger partial charge in [-0.15, -0.1) is 0 Å². The molecule has 0 spiro atoms. The monoisotopic (exact) mass is 322 g/mol. The summed E-state index contributed by atoms with van der Waals surface area (Å²) in [7, 11) is 0. The minimum Gasteiger partial charge on any atom is -0.0651 e. The van der Waals surface area contributed by atoms with Crippen molar-refractivity contribution in [1.29, 1.82) is 0 Å². The van der Waals surface area contributed by atoms with Crippen LogP contribution in [0, 0.1) is 19.8 Å². The van der Waals surface area contributed by atoms with Crippen LogP contribution in [0.1, 0.15) is 129 Å². The third-order valence-electron chi connectivity index (χ3n) is 5.30. The zero-order valence-electron chi connectivity index (χ0n) is 16.4. The van der Waals surface area contributed by atoms with Crippen molar-refractivity contribution in [2.24, 2.45) is 5.92 Å². The fourth-order valence-electron chi connectivity index (χ4n) is 3.54. The van der Waals surface area contributed by atoms with Crippen LogP contribution in [0.5, 0.6) is 0 Å². The Morgan fingerprint density at radius 3 is 1.09 bits per heavy atom. The Hall–Kier alpha value is 0. The van der Waals surface area contributed by atoms with Gasteiger partial charge in [0, 0.05) is 0 Å². The van der Waals surface area contributed by atoms with Crippen LogP contribution in [0.15, 0.2) is 0 Å². The SMILES string of the molecule is [CH2]CCCCCCCCCCCCC(CC)CCCCCC[CH2]. The van der Waals surface area contributed by atoms with Gasteiger partial charge in [0.2, 0.25) is 0 Å². The lowest BCUT2D eigenvalue weighted by molar-refractivity contribution is 0.393. The van der Waals surface area contributed by atoms with Crippen LogP contribution in [0.25, 0.3) is 0 Å². The van der Waals surface area contributed by atoms with E-state index in [4.69, 9.17) is 0 Å². The van der Waals surface area contributed by atoms with Crippen LogP contribution >= 0.6 is 0 Å². The Balaban J connectivity index is 3.24. The van der Waals surface area contributed by atoms with Gasteiger partial charge in [0.05, 0.1) is 0 Å². The molecule has 0 N–H and O–H groups in total. The smallest absolute Gasteiger partial charge is 0.0417 e. The van der Waals surface area contributed by atoms with E-state index in [2.05, 4.69) is 20.8 Å². The highest BCUT2D eigenvalue weighted by Gasteiger charge is 2.05. The van der Waals surface area contributed by atoms with Gasteiger partial charge in [-0.05, 0) is 5.92 Å². The highest BCUT2D eigenvalue weighted by atomic mass is 14.1. The molecule has 1 atom stereocenters. The van der Waals surface area contributed by atoms with Gasteiger partial charge in [0.1, 0.15) is 0 Å². The normalized spacial score (nSPS) is 12.7. The lowest BCUT2D eigenvalue weighted by Gasteiger charge is -2.14. The molecule has 0 aliphatic carbocycles. The first kappa shape index (κ1) is 23.0. The Morgan fingerprint density at radius 2 is 0.783 bits per heavy atom. The molecule has 0 aromatic heterocycles. The van der Waals surface area contributed by atoms with Gasteiger partial charge in [0.25, 0.3) is 0 Å². The molecule has 0 rings (SSSR count). The molecule has 0 amide bonds. The molecule has 1 unspecified atom stereocenters. The Bertz CT molecular complexity index is 196. The van der Waals surface area contributed by atoms with Crippen LogP contribution in [-0.4, -0.2) is 0 Å². The molecule has 0 saturated heterocycles. The zero-order chi connectivity index (χ0) is 17.0. The maximum Gasteiger partial charge on any atom is -0.0417 e. The fraction of sp³-hybridized carbons (Fsp3) is 0.913. The van der Waals surface area contributed by atoms with E-state index >= 15 is 0 Å². The largest absolute Gasteiger partial charge is 0.0651 e. The van der Waals surface area contributed by atoms with Crippen LogP contribution in [0.4, 0.5) is 0 Å². The van der Waals surface area contributed by atoms with E-state index in [9.17, 15) is 0 Å². The van der Waals surface area contributed by atoms with Crippen LogP contribution in [0.2, 0.25) is 0 Å². The van der Waals surface area contributed by atoms with Gasteiger partial charge >= 0.3 is 0 Å². The number of hydrogen-bond acceptors (Lipinski definition) is 0. The summed E-state index contributed by atoms with van der Waals surface area (Å²) in [5.41, 5.74) is 0. The predicted octanol–water partition coefficient (Wildman–Crippen LogP) is 8.70. The van der Waals surface area contributed by atoms with E-state index in [1.807, 2.05) is 0 Å². The molecule has 0 nitrogen and oxygen atoms in total. The zero-order valence-corrected chi connectivity index (χ0v) is 16.4. The molecule has 23 heavy (non-hydrogen) atoms. The van der Waals surface area contributed by atoms with E-state index in [0.29, 0.717) is 0 Å². The number of hydrogen-bond donors (Lipinski definition) is 0. The van der Waals surface area contributed by atoms with Gasteiger partial charge in [-0.2, -0.15) is 0 Å². The molecule has 0 aromatic rings. The van der Waals surface area contributed by atoms with Crippen molar-refractivity contribution in [3.05, 3.63) is 13.8 Å². The lowest BCUT2D eigenvalue weighted by atomic mass is 9.92. The van der Waals surface area contributed by atoms with Crippen molar-refractivity contribution in [2.75, 3.05) is 0 Å². The van der Waals surface area contributed by atoms with Crippen molar-refractivity contribution >= 4 is 0 Å². The lowest BCUT2D eigenvalue weighted by Crippen LogP contribution is -1.99. The van der Waals surface area contributed by atoms with Crippen LogP contribution < -0.4 is 0 Å². The van der Waals surface area contributed by atoms with E-state index in [1.54, 1.807) is 0 Å². The number of unbranched alkanes of at least 4 members (excludes halogenated alkanes) is 14. The third-order valence-corrected chi connectivity index (χ3v) is 5.30. The average molecular weight is 323 g/mol. The summed E-state index contributed by atoms with van der Waals surface area (Å²) in [4.78, 5) is 0. The van der Waals surface area contributed by atoms with Crippen LogP contribution in [-0.2, 0) is 0 Å². The van der Waals surface area contributed by atoms with Gasteiger partial charge in [0.15, 0.2) is 0 Å². The highest BCUT2D eigenvalue weighted by Crippen LogP contribution is 2.21. The first-order valence-electron chi connectivity index (χ1n) is 10.9. The van der Waals surface area contributed by atoms with Crippen molar-refractivity contribution in [1.82, 2.24) is 0 Å². The van der Waals surface area contributed by atoms with E-state index in [0.717, 1.165) is 18.8 Å². The molecule has 0 aromatic carbocycles. The second-order valence-electron chi connectivity index (χ2n) is 7.51. The summed E-state index contributed by atoms with van der Waals surface area (Å²) in [6.45, 7) is 10.2. The minimum atomic E-state index is 1.00. The van der Waals surface area contributed by atoms with Crippen molar-refractivity contribution in [3.63, 3.8) is 0 Å². The average Bonchev–Trinajstić information content (AvgIpc) is 2.57. The quantitative estimate of drug-likeness (QED) is 0.209. The van der Waals surface area contributed by atoms with E-state index in [-0.39, 0.29) is 0 Å². The molecule has 0 saturated carbocycles. The van der Waals surface area contributed by atoms with Crippen LogP contribution in [0.3, 0.4) is 0 Å².